The average Bonchev–Trinajstić information content (AvgIpc) is 2.83. The Bertz CT molecular complexity index is 839. The van der Waals surface area contributed by atoms with Crippen LogP contribution >= 0.6 is 11.6 Å². The molecule has 1 atom stereocenters. The van der Waals surface area contributed by atoms with Gasteiger partial charge in [0.2, 0.25) is 0 Å². The van der Waals surface area contributed by atoms with Gasteiger partial charge in [-0.15, -0.1) is 0 Å². The topological polar surface area (TPSA) is 52.9 Å². The molecule has 0 fully saturated rings. The van der Waals surface area contributed by atoms with Gasteiger partial charge in [-0.05, 0) is 11.6 Å². The lowest BCUT2D eigenvalue weighted by molar-refractivity contribution is -0.248. The molecule has 0 radical (unpaired) electrons. The van der Waals surface area contributed by atoms with E-state index in [9.17, 15) is 23.1 Å². The van der Waals surface area contributed by atoms with E-state index in [1.165, 1.54) is 12.1 Å². The number of nitrogens with zero attached hydrogens (tertiary/aromatic N) is 2. The van der Waals surface area contributed by atoms with Crippen LogP contribution in [0.2, 0.25) is 5.02 Å². The standard InChI is InChI=1S/C17H12ClF3N2O2/c18-13-9-5-4-8-12(13)10-23-14(11-6-2-1-3-7-11)22-16(25,15(23)24)17(19,20)21/h1-9,25H,10H2/t16-/m1/s1. The third-order valence-corrected chi connectivity index (χ3v) is 4.15. The number of rotatable bonds is 3. The second-order valence-corrected chi connectivity index (χ2v) is 5.86. The molecule has 1 N–H and O–H groups in total. The average molecular weight is 369 g/mol. The van der Waals surface area contributed by atoms with Crippen molar-refractivity contribution in [1.82, 2.24) is 4.90 Å². The maximum atomic E-state index is 13.2. The first kappa shape index (κ1) is 17.4. The highest BCUT2D eigenvalue weighted by Gasteiger charge is 2.65. The van der Waals surface area contributed by atoms with Crippen LogP contribution < -0.4 is 0 Å². The van der Waals surface area contributed by atoms with Gasteiger partial charge in [0.15, 0.2) is 0 Å². The Morgan fingerprint density at radius 2 is 1.68 bits per heavy atom. The van der Waals surface area contributed by atoms with Crippen molar-refractivity contribution < 1.29 is 23.1 Å². The molecule has 1 aliphatic rings. The maximum Gasteiger partial charge on any atom is 0.448 e. The normalized spacial score (nSPS) is 20.8. The number of amides is 1. The zero-order chi connectivity index (χ0) is 18.2. The highest BCUT2D eigenvalue weighted by molar-refractivity contribution is 6.31. The van der Waals surface area contributed by atoms with Crippen molar-refractivity contribution in [3.8, 4) is 0 Å². The molecular weight excluding hydrogens is 357 g/mol. The third kappa shape index (κ3) is 3.01. The van der Waals surface area contributed by atoms with Crippen molar-refractivity contribution in [3.05, 3.63) is 70.7 Å². The number of amidine groups is 1. The van der Waals surface area contributed by atoms with Crippen LogP contribution in [0.3, 0.4) is 0 Å². The fraction of sp³-hybridized carbons (Fsp3) is 0.176. The lowest BCUT2D eigenvalue weighted by Gasteiger charge is -2.24. The monoisotopic (exact) mass is 368 g/mol. The van der Waals surface area contributed by atoms with Gasteiger partial charge in [0.25, 0.3) is 5.91 Å². The van der Waals surface area contributed by atoms with E-state index in [1.54, 1.807) is 42.5 Å². The zero-order valence-electron chi connectivity index (χ0n) is 12.7. The van der Waals surface area contributed by atoms with Gasteiger partial charge < -0.3 is 5.11 Å². The molecular formula is C17H12ClF3N2O2. The van der Waals surface area contributed by atoms with Crippen molar-refractivity contribution in [2.24, 2.45) is 4.99 Å². The summed E-state index contributed by atoms with van der Waals surface area (Å²) in [7, 11) is 0. The maximum absolute atomic E-state index is 13.2. The predicted octanol–water partition coefficient (Wildman–Crippen LogP) is 3.38. The molecule has 25 heavy (non-hydrogen) atoms. The van der Waals surface area contributed by atoms with Crippen molar-refractivity contribution >= 4 is 23.3 Å². The van der Waals surface area contributed by atoms with Gasteiger partial charge in [0.05, 0.1) is 6.54 Å². The number of alkyl halides is 3. The summed E-state index contributed by atoms with van der Waals surface area (Å²) >= 11 is 6.04. The van der Waals surface area contributed by atoms with E-state index in [2.05, 4.69) is 4.99 Å². The van der Waals surface area contributed by atoms with Crippen LogP contribution in [0.5, 0.6) is 0 Å². The number of benzene rings is 2. The Kier molecular flexibility index (Phi) is 4.30. The van der Waals surface area contributed by atoms with E-state index < -0.39 is 17.8 Å². The number of aliphatic imine (C=N–C) groups is 1. The molecule has 1 amide bonds. The summed E-state index contributed by atoms with van der Waals surface area (Å²) in [5.74, 6) is -1.82. The Balaban J connectivity index is 2.08. The van der Waals surface area contributed by atoms with Crippen molar-refractivity contribution in [1.29, 1.82) is 0 Å². The van der Waals surface area contributed by atoms with Crippen LogP contribution in [0, 0.1) is 0 Å². The van der Waals surface area contributed by atoms with Gasteiger partial charge >= 0.3 is 11.9 Å². The number of halogens is 4. The summed E-state index contributed by atoms with van der Waals surface area (Å²) in [6, 6.07) is 14.3. The van der Waals surface area contributed by atoms with Crippen LogP contribution in [-0.4, -0.2) is 33.7 Å². The molecule has 3 rings (SSSR count). The Hall–Kier alpha value is -2.38. The van der Waals surface area contributed by atoms with Gasteiger partial charge in [-0.2, -0.15) is 13.2 Å². The van der Waals surface area contributed by atoms with E-state index in [4.69, 9.17) is 11.6 Å². The van der Waals surface area contributed by atoms with Gasteiger partial charge in [-0.1, -0.05) is 60.1 Å². The first-order chi connectivity index (χ1) is 11.7. The molecule has 0 aliphatic carbocycles. The van der Waals surface area contributed by atoms with Crippen LogP contribution in [0.4, 0.5) is 13.2 Å². The minimum Gasteiger partial charge on any atom is -0.355 e. The highest BCUT2D eigenvalue weighted by atomic mass is 35.5. The largest absolute Gasteiger partial charge is 0.448 e. The molecule has 0 saturated carbocycles. The Labute approximate surface area is 146 Å². The number of carbonyl (C=O) groups excluding carboxylic acids is 1. The number of aliphatic hydroxyl groups is 1. The Morgan fingerprint density at radius 1 is 1.08 bits per heavy atom. The summed E-state index contributed by atoms with van der Waals surface area (Å²) < 4.78 is 39.7. The Morgan fingerprint density at radius 3 is 2.28 bits per heavy atom. The fourth-order valence-electron chi connectivity index (χ4n) is 2.48. The summed E-state index contributed by atoms with van der Waals surface area (Å²) in [5.41, 5.74) is -3.09. The second-order valence-electron chi connectivity index (χ2n) is 5.45. The molecule has 2 aromatic carbocycles. The SMILES string of the molecule is O=C1N(Cc2ccccc2Cl)C(c2ccccc2)=N[C@]1(O)C(F)(F)F. The molecule has 0 aromatic heterocycles. The van der Waals surface area contributed by atoms with Crippen LogP contribution in [0.1, 0.15) is 11.1 Å². The molecule has 0 unspecified atom stereocenters. The highest BCUT2D eigenvalue weighted by Crippen LogP contribution is 2.38. The third-order valence-electron chi connectivity index (χ3n) is 3.78. The zero-order valence-corrected chi connectivity index (χ0v) is 13.4. The van der Waals surface area contributed by atoms with Gasteiger partial charge in [0, 0.05) is 10.6 Å². The molecule has 8 heteroatoms. The first-order valence-electron chi connectivity index (χ1n) is 7.24. The molecule has 2 aromatic rings. The van der Waals surface area contributed by atoms with Crippen molar-refractivity contribution in [3.63, 3.8) is 0 Å². The minimum absolute atomic E-state index is 0.245. The fourth-order valence-corrected chi connectivity index (χ4v) is 2.68. The second kappa shape index (κ2) is 6.16. The van der Waals surface area contributed by atoms with Crippen molar-refractivity contribution in [2.45, 2.75) is 18.4 Å². The molecule has 1 heterocycles. The van der Waals surface area contributed by atoms with E-state index >= 15 is 0 Å². The lowest BCUT2D eigenvalue weighted by atomic mass is 10.1. The quantitative estimate of drug-likeness (QED) is 0.903. The van der Waals surface area contributed by atoms with E-state index in [1.807, 2.05) is 0 Å². The number of hydrogen-bond acceptors (Lipinski definition) is 3. The van der Waals surface area contributed by atoms with E-state index in [0.29, 0.717) is 10.6 Å². The van der Waals surface area contributed by atoms with Gasteiger partial charge in [-0.25, -0.2) is 4.99 Å². The van der Waals surface area contributed by atoms with Crippen LogP contribution in [0.15, 0.2) is 59.6 Å². The minimum atomic E-state index is -5.24. The summed E-state index contributed by atoms with van der Waals surface area (Å²) in [4.78, 5) is 16.5. The molecule has 0 saturated heterocycles. The van der Waals surface area contributed by atoms with E-state index in [0.717, 1.165) is 4.90 Å². The van der Waals surface area contributed by atoms with E-state index in [-0.39, 0.29) is 17.9 Å². The predicted molar refractivity (Wildman–Crippen MR) is 86.0 cm³/mol. The van der Waals surface area contributed by atoms with Crippen molar-refractivity contribution in [2.75, 3.05) is 0 Å². The lowest BCUT2D eigenvalue weighted by Crippen LogP contribution is -2.52. The molecule has 1 aliphatic heterocycles. The molecule has 0 bridgehead atoms. The van der Waals surface area contributed by atoms with Crippen LogP contribution in [0.25, 0.3) is 0 Å². The molecule has 130 valence electrons. The smallest absolute Gasteiger partial charge is 0.355 e. The van der Waals surface area contributed by atoms with Crippen LogP contribution in [-0.2, 0) is 11.3 Å². The molecule has 4 nitrogen and oxygen atoms in total. The number of carbonyl (C=O) groups is 1. The summed E-state index contributed by atoms with van der Waals surface area (Å²) in [6.45, 7) is -0.245. The summed E-state index contributed by atoms with van der Waals surface area (Å²) in [6.07, 6.45) is -5.24. The van der Waals surface area contributed by atoms with Gasteiger partial charge in [0.1, 0.15) is 5.84 Å². The summed E-state index contributed by atoms with van der Waals surface area (Å²) in [5, 5.41) is 10.2. The number of hydrogen-bond donors (Lipinski definition) is 1. The molecule has 0 spiro atoms. The first-order valence-corrected chi connectivity index (χ1v) is 7.61. The van der Waals surface area contributed by atoms with Gasteiger partial charge in [-0.3, -0.25) is 9.69 Å².